The Balaban J connectivity index is 0.977. The maximum Gasteiger partial charge on any atom is 0.136 e. The fraction of sp³-hybridized carbons (Fsp3) is 0. The van der Waals surface area contributed by atoms with Crippen molar-refractivity contribution >= 4 is 65.4 Å². The van der Waals surface area contributed by atoms with E-state index in [-0.39, 0.29) is 0 Å². The Labute approximate surface area is 298 Å². The van der Waals surface area contributed by atoms with Crippen molar-refractivity contribution in [1.29, 1.82) is 0 Å². The smallest absolute Gasteiger partial charge is 0.136 e. The van der Waals surface area contributed by atoms with E-state index in [1.807, 2.05) is 0 Å². The van der Waals surface area contributed by atoms with Gasteiger partial charge in [-0.05, 0) is 105 Å². The molecule has 1 aliphatic rings. The first-order valence-corrected chi connectivity index (χ1v) is 17.8. The van der Waals surface area contributed by atoms with Crippen LogP contribution in [0.3, 0.4) is 0 Å². The van der Waals surface area contributed by atoms with Crippen LogP contribution in [0.25, 0.3) is 116 Å². The second-order valence-corrected chi connectivity index (χ2v) is 13.9. The van der Waals surface area contributed by atoms with Crippen molar-refractivity contribution < 1.29 is 4.42 Å². The molecule has 0 N–H and O–H groups in total. The summed E-state index contributed by atoms with van der Waals surface area (Å²) in [4.78, 5) is 5.16. The summed E-state index contributed by atoms with van der Waals surface area (Å²) in [5.74, 6) is 0. The number of benzene rings is 8. The highest BCUT2D eigenvalue weighted by Crippen LogP contribution is 2.48. The number of furan rings is 1. The van der Waals surface area contributed by atoms with E-state index in [0.717, 1.165) is 39.0 Å². The van der Waals surface area contributed by atoms with E-state index in [1.165, 1.54) is 76.7 Å². The van der Waals surface area contributed by atoms with Gasteiger partial charge in [0.1, 0.15) is 11.2 Å². The van der Waals surface area contributed by atoms with Gasteiger partial charge in [0.15, 0.2) is 0 Å². The predicted octanol–water partition coefficient (Wildman–Crippen LogP) is 13.4. The molecule has 11 aromatic rings. The van der Waals surface area contributed by atoms with Crippen LogP contribution in [0.5, 0.6) is 0 Å². The van der Waals surface area contributed by atoms with E-state index < -0.39 is 0 Å². The van der Waals surface area contributed by atoms with E-state index in [9.17, 15) is 0 Å². The number of nitrogens with zero attached hydrogens (tertiary/aromatic N) is 2. The summed E-state index contributed by atoms with van der Waals surface area (Å²) in [5.41, 5.74) is 15.9. The monoisotopic (exact) mass is 660 g/mol. The molecule has 240 valence electrons. The van der Waals surface area contributed by atoms with Gasteiger partial charge in [0.05, 0.1) is 22.2 Å². The fourth-order valence-electron chi connectivity index (χ4n) is 8.76. The number of rotatable bonds is 3. The normalized spacial score (nSPS) is 12.2. The minimum absolute atomic E-state index is 0.911. The third-order valence-corrected chi connectivity index (χ3v) is 11.1. The zero-order valence-electron chi connectivity index (χ0n) is 28.0. The molecule has 0 spiro atoms. The first-order valence-electron chi connectivity index (χ1n) is 17.8. The molecule has 0 amide bonds. The van der Waals surface area contributed by atoms with Crippen molar-refractivity contribution in [3.8, 4) is 50.3 Å². The summed E-state index contributed by atoms with van der Waals surface area (Å²) < 4.78 is 8.69. The van der Waals surface area contributed by atoms with Gasteiger partial charge in [0.25, 0.3) is 0 Å². The second kappa shape index (κ2) is 10.3. The predicted molar refractivity (Wildman–Crippen MR) is 216 cm³/mol. The Bertz CT molecular complexity index is 3290. The van der Waals surface area contributed by atoms with E-state index >= 15 is 0 Å². The number of para-hydroxylation sites is 1. The van der Waals surface area contributed by atoms with Gasteiger partial charge in [-0.1, -0.05) is 109 Å². The van der Waals surface area contributed by atoms with Crippen LogP contribution in [-0.2, 0) is 0 Å². The number of hydrogen-bond acceptors (Lipinski definition) is 2. The summed E-state index contributed by atoms with van der Waals surface area (Å²) in [7, 11) is 0. The minimum atomic E-state index is 0.911. The first-order chi connectivity index (χ1) is 25.8. The molecular formula is C49H28N2O. The van der Waals surface area contributed by atoms with Crippen LogP contribution in [0.2, 0.25) is 0 Å². The summed E-state index contributed by atoms with van der Waals surface area (Å²) in [6, 6.07) is 61.3. The van der Waals surface area contributed by atoms with Gasteiger partial charge in [0.2, 0.25) is 0 Å². The van der Waals surface area contributed by atoms with Crippen molar-refractivity contribution in [2.45, 2.75) is 0 Å². The van der Waals surface area contributed by atoms with Gasteiger partial charge in [-0.25, -0.2) is 4.98 Å². The molecule has 0 atom stereocenters. The third kappa shape index (κ3) is 3.82. The standard InChI is InChI=1S/C49H28N2O/c1-2-9-34-29(8-1)19-25-47-49(34)41-27-32(20-24-46(41)52-47)31-18-23-45-39(26-31)37-12-5-6-15-44(37)51(45)33-21-16-30(17-22-33)43-28-40-36-11-4-3-10-35(36)38-13-7-14-42(50-43)48(38)40/h1-28H. The molecule has 12 rings (SSSR count). The molecule has 3 heterocycles. The van der Waals surface area contributed by atoms with E-state index in [2.05, 4.69) is 174 Å². The van der Waals surface area contributed by atoms with Gasteiger partial charge in [-0.3, -0.25) is 0 Å². The van der Waals surface area contributed by atoms with Crippen molar-refractivity contribution in [2.24, 2.45) is 0 Å². The quantitative estimate of drug-likeness (QED) is 0.189. The molecule has 0 radical (unpaired) electrons. The van der Waals surface area contributed by atoms with Crippen LogP contribution in [0, 0.1) is 0 Å². The van der Waals surface area contributed by atoms with E-state index in [4.69, 9.17) is 9.40 Å². The zero-order chi connectivity index (χ0) is 33.9. The SMILES string of the molecule is c1ccc2c(c1)-c1cccc3nc(-c4ccc(-n5c6ccccc6c6cc(-c7ccc8oc9ccc%10ccccc%10c9c8c7)ccc65)cc4)cc-2c13. The van der Waals surface area contributed by atoms with Gasteiger partial charge >= 0.3 is 0 Å². The summed E-state index contributed by atoms with van der Waals surface area (Å²) in [6.45, 7) is 0. The lowest BCUT2D eigenvalue weighted by Crippen LogP contribution is -1.94. The van der Waals surface area contributed by atoms with E-state index in [0.29, 0.717) is 0 Å². The largest absolute Gasteiger partial charge is 0.456 e. The van der Waals surface area contributed by atoms with Crippen LogP contribution in [0.1, 0.15) is 0 Å². The average Bonchev–Trinajstić information content (AvgIpc) is 3.86. The van der Waals surface area contributed by atoms with Gasteiger partial charge in [-0.15, -0.1) is 0 Å². The van der Waals surface area contributed by atoms with Crippen molar-refractivity contribution in [3.63, 3.8) is 0 Å². The third-order valence-electron chi connectivity index (χ3n) is 11.1. The molecular weight excluding hydrogens is 633 g/mol. The maximum absolute atomic E-state index is 6.31. The molecule has 0 saturated carbocycles. The topological polar surface area (TPSA) is 31.0 Å². The Morgan fingerprint density at radius 3 is 1.96 bits per heavy atom. The minimum Gasteiger partial charge on any atom is -0.456 e. The second-order valence-electron chi connectivity index (χ2n) is 13.9. The lowest BCUT2D eigenvalue weighted by Gasteiger charge is -2.11. The lowest BCUT2D eigenvalue weighted by atomic mass is 9.99. The highest BCUT2D eigenvalue weighted by molar-refractivity contribution is 6.20. The van der Waals surface area contributed by atoms with Crippen molar-refractivity contribution in [3.05, 3.63) is 170 Å². The van der Waals surface area contributed by atoms with Crippen LogP contribution >= 0.6 is 0 Å². The molecule has 0 saturated heterocycles. The number of fused-ring (bicyclic) bond motifs is 11. The molecule has 0 fully saturated rings. The maximum atomic E-state index is 6.31. The molecule has 3 heteroatoms. The Morgan fingerprint density at radius 1 is 0.404 bits per heavy atom. The number of pyridine rings is 1. The van der Waals surface area contributed by atoms with Gasteiger partial charge in [-0.2, -0.15) is 0 Å². The average molecular weight is 661 g/mol. The number of aromatic nitrogens is 2. The van der Waals surface area contributed by atoms with Gasteiger partial charge < -0.3 is 8.98 Å². The molecule has 0 bridgehead atoms. The van der Waals surface area contributed by atoms with Gasteiger partial charge in [0, 0.05) is 38.2 Å². The summed E-state index contributed by atoms with van der Waals surface area (Å²) in [6.07, 6.45) is 0. The molecule has 0 aliphatic heterocycles. The van der Waals surface area contributed by atoms with Crippen LogP contribution in [0.15, 0.2) is 174 Å². The Kier molecular flexibility index (Phi) is 5.50. The Hall–Kier alpha value is -6.97. The molecule has 52 heavy (non-hydrogen) atoms. The Morgan fingerprint density at radius 2 is 1.08 bits per heavy atom. The summed E-state index contributed by atoms with van der Waals surface area (Å²) >= 11 is 0. The summed E-state index contributed by atoms with van der Waals surface area (Å²) in [5, 5.41) is 8.47. The zero-order valence-corrected chi connectivity index (χ0v) is 28.0. The van der Waals surface area contributed by atoms with Crippen LogP contribution < -0.4 is 0 Å². The number of hydrogen-bond donors (Lipinski definition) is 0. The first kappa shape index (κ1) is 27.8. The van der Waals surface area contributed by atoms with Crippen molar-refractivity contribution in [1.82, 2.24) is 9.55 Å². The van der Waals surface area contributed by atoms with E-state index in [1.54, 1.807) is 0 Å². The molecule has 3 aromatic heterocycles. The molecule has 0 unspecified atom stereocenters. The molecule has 8 aromatic carbocycles. The molecule has 1 aliphatic carbocycles. The highest BCUT2D eigenvalue weighted by atomic mass is 16.3. The molecule has 3 nitrogen and oxygen atoms in total. The van der Waals surface area contributed by atoms with Crippen molar-refractivity contribution in [2.75, 3.05) is 0 Å². The van der Waals surface area contributed by atoms with Crippen LogP contribution in [0.4, 0.5) is 0 Å². The fourth-order valence-corrected chi connectivity index (χ4v) is 8.76. The lowest BCUT2D eigenvalue weighted by molar-refractivity contribution is 0.669. The highest BCUT2D eigenvalue weighted by Gasteiger charge is 2.23. The van der Waals surface area contributed by atoms with Crippen LogP contribution in [-0.4, -0.2) is 9.55 Å².